The highest BCUT2D eigenvalue weighted by Crippen LogP contribution is 2.40. The number of anilines is 2. The number of aryl methyl sites for hydroxylation is 1. The zero-order valence-corrected chi connectivity index (χ0v) is 19.2. The second kappa shape index (κ2) is 9.56. The molecule has 9 heteroatoms. The minimum absolute atomic E-state index is 0.246. The van der Waals surface area contributed by atoms with E-state index in [2.05, 4.69) is 28.5 Å². The Hall–Kier alpha value is -3.23. The number of nitrogens with zero attached hydrogens (tertiary/aromatic N) is 2. The molecule has 6 nitrogen and oxygen atoms in total. The molecule has 1 fully saturated rings. The summed E-state index contributed by atoms with van der Waals surface area (Å²) in [5.74, 6) is 1.16. The van der Waals surface area contributed by atoms with Crippen LogP contribution in [-0.2, 0) is 11.2 Å². The number of alkyl halides is 3. The Morgan fingerprint density at radius 2 is 1.79 bits per heavy atom. The van der Waals surface area contributed by atoms with Gasteiger partial charge >= 0.3 is 6.36 Å². The van der Waals surface area contributed by atoms with Crippen LogP contribution < -0.4 is 15.8 Å². The van der Waals surface area contributed by atoms with Crippen molar-refractivity contribution >= 4 is 28.6 Å². The van der Waals surface area contributed by atoms with E-state index >= 15 is 0 Å². The number of aromatic nitrogens is 2. The number of hydrogen-bond acceptors (Lipinski definition) is 4. The lowest BCUT2D eigenvalue weighted by Crippen LogP contribution is -2.23. The molecule has 0 bridgehead atoms. The Morgan fingerprint density at radius 3 is 2.41 bits per heavy atom. The van der Waals surface area contributed by atoms with Crippen LogP contribution in [0, 0.1) is 11.8 Å². The van der Waals surface area contributed by atoms with Crippen molar-refractivity contribution in [1.82, 2.24) is 9.55 Å². The summed E-state index contributed by atoms with van der Waals surface area (Å²) in [5, 5.41) is 3.29. The van der Waals surface area contributed by atoms with Crippen molar-refractivity contribution in [2.75, 3.05) is 5.32 Å². The first-order valence-electron chi connectivity index (χ1n) is 11.5. The summed E-state index contributed by atoms with van der Waals surface area (Å²) in [6.45, 7) is 4.52. The molecule has 1 aliphatic rings. The van der Waals surface area contributed by atoms with Gasteiger partial charge in [-0.3, -0.25) is 4.79 Å². The van der Waals surface area contributed by atoms with Crippen LogP contribution in [0.5, 0.6) is 5.75 Å². The molecular weight excluding hydrogens is 445 g/mol. The lowest BCUT2D eigenvalue weighted by atomic mass is 9.80. The van der Waals surface area contributed by atoms with Gasteiger partial charge in [0.25, 0.3) is 0 Å². The van der Waals surface area contributed by atoms with E-state index in [-0.39, 0.29) is 24.1 Å². The van der Waals surface area contributed by atoms with Crippen LogP contribution in [0.25, 0.3) is 11.0 Å². The summed E-state index contributed by atoms with van der Waals surface area (Å²) in [6, 6.07) is 11.8. The van der Waals surface area contributed by atoms with Gasteiger partial charge in [-0.25, -0.2) is 4.98 Å². The molecule has 0 saturated heterocycles. The molecule has 2 unspecified atom stereocenters. The Kier molecular flexibility index (Phi) is 6.72. The van der Waals surface area contributed by atoms with Crippen molar-refractivity contribution in [2.45, 2.75) is 58.4 Å². The van der Waals surface area contributed by atoms with Crippen molar-refractivity contribution in [1.29, 1.82) is 0 Å². The molecule has 1 aliphatic carbocycles. The van der Waals surface area contributed by atoms with E-state index in [9.17, 15) is 18.0 Å². The molecule has 0 spiro atoms. The topological polar surface area (TPSA) is 82.2 Å². The van der Waals surface area contributed by atoms with E-state index < -0.39 is 6.36 Å². The number of rotatable bonds is 7. The van der Waals surface area contributed by atoms with Gasteiger partial charge in [0.1, 0.15) is 5.75 Å². The average molecular weight is 475 g/mol. The number of carbonyl (C=O) groups excluding carboxylic acids is 1. The summed E-state index contributed by atoms with van der Waals surface area (Å²) >= 11 is 0. The normalized spacial score (nSPS) is 20.9. The van der Waals surface area contributed by atoms with Gasteiger partial charge < -0.3 is 20.4 Å². The lowest BCUT2D eigenvalue weighted by Gasteiger charge is -2.33. The van der Waals surface area contributed by atoms with Crippen molar-refractivity contribution in [3.05, 3.63) is 48.0 Å². The van der Waals surface area contributed by atoms with Crippen LogP contribution in [0.4, 0.5) is 24.8 Å². The SMILES string of the molecule is CC1CC(n2c(Nc3ccc(OC(F)(F)F)cc3)nc3cc(CCC(N)=O)ccc32)C[C@H](C)C1. The fraction of sp³-hybridized carbons (Fsp3) is 0.440. The third-order valence-corrected chi connectivity index (χ3v) is 6.28. The quantitative estimate of drug-likeness (QED) is 0.434. The van der Waals surface area contributed by atoms with Crippen molar-refractivity contribution in [2.24, 2.45) is 17.6 Å². The number of halogens is 3. The molecule has 1 amide bonds. The number of carbonyl (C=O) groups is 1. The lowest BCUT2D eigenvalue weighted by molar-refractivity contribution is -0.274. The highest BCUT2D eigenvalue weighted by atomic mass is 19.4. The highest BCUT2D eigenvalue weighted by Gasteiger charge is 2.31. The molecule has 182 valence electrons. The Morgan fingerprint density at radius 1 is 1.12 bits per heavy atom. The summed E-state index contributed by atoms with van der Waals surface area (Å²) in [5.41, 5.74) is 8.66. The van der Waals surface area contributed by atoms with Gasteiger partial charge in [0.15, 0.2) is 0 Å². The molecule has 1 heterocycles. The average Bonchev–Trinajstić information content (AvgIpc) is 3.09. The fourth-order valence-corrected chi connectivity index (χ4v) is 5.01. The highest BCUT2D eigenvalue weighted by molar-refractivity contribution is 5.81. The third kappa shape index (κ3) is 5.81. The summed E-state index contributed by atoms with van der Waals surface area (Å²) < 4.78 is 43.6. The molecule has 34 heavy (non-hydrogen) atoms. The zero-order chi connectivity index (χ0) is 24.5. The molecule has 0 aliphatic heterocycles. The van der Waals surface area contributed by atoms with E-state index in [1.807, 2.05) is 18.2 Å². The van der Waals surface area contributed by atoms with E-state index in [4.69, 9.17) is 10.7 Å². The van der Waals surface area contributed by atoms with Gasteiger partial charge in [-0.15, -0.1) is 13.2 Å². The molecule has 3 aromatic rings. The fourth-order valence-electron chi connectivity index (χ4n) is 5.01. The zero-order valence-electron chi connectivity index (χ0n) is 19.2. The minimum Gasteiger partial charge on any atom is -0.406 e. The summed E-state index contributed by atoms with van der Waals surface area (Å²) in [4.78, 5) is 16.0. The van der Waals surface area contributed by atoms with Crippen molar-refractivity contribution in [3.63, 3.8) is 0 Å². The molecule has 1 saturated carbocycles. The van der Waals surface area contributed by atoms with Crippen LogP contribution in [-0.4, -0.2) is 21.8 Å². The predicted octanol–water partition coefficient (Wildman–Crippen LogP) is 6.09. The molecule has 2 aromatic carbocycles. The Labute approximate surface area is 196 Å². The molecule has 1 aromatic heterocycles. The number of ether oxygens (including phenoxy) is 1. The number of primary amides is 1. The van der Waals surface area contributed by atoms with E-state index in [1.54, 1.807) is 0 Å². The maximum absolute atomic E-state index is 12.5. The van der Waals surface area contributed by atoms with Gasteiger partial charge in [0, 0.05) is 18.2 Å². The summed E-state index contributed by atoms with van der Waals surface area (Å²) in [6.07, 6.45) is -0.702. The minimum atomic E-state index is -4.73. The van der Waals surface area contributed by atoms with Gasteiger partial charge in [-0.05, 0) is 79.5 Å². The maximum atomic E-state index is 12.5. The second-order valence-electron chi connectivity index (χ2n) is 9.36. The van der Waals surface area contributed by atoms with Gasteiger partial charge in [-0.2, -0.15) is 0 Å². The van der Waals surface area contributed by atoms with Crippen LogP contribution in [0.15, 0.2) is 42.5 Å². The Bertz CT molecular complexity index is 1150. The number of hydrogen-bond donors (Lipinski definition) is 2. The molecule has 4 rings (SSSR count). The number of imidazole rings is 1. The number of amides is 1. The van der Waals surface area contributed by atoms with Crippen LogP contribution >= 0.6 is 0 Å². The first-order valence-corrected chi connectivity index (χ1v) is 11.5. The van der Waals surface area contributed by atoms with Crippen molar-refractivity contribution in [3.8, 4) is 5.75 Å². The van der Waals surface area contributed by atoms with Gasteiger partial charge in [-0.1, -0.05) is 19.9 Å². The molecule has 0 radical (unpaired) electrons. The van der Waals surface area contributed by atoms with Gasteiger partial charge in [0.05, 0.1) is 11.0 Å². The largest absolute Gasteiger partial charge is 0.573 e. The monoisotopic (exact) mass is 474 g/mol. The Balaban J connectivity index is 1.68. The second-order valence-corrected chi connectivity index (χ2v) is 9.36. The van der Waals surface area contributed by atoms with Crippen LogP contribution in [0.2, 0.25) is 0 Å². The predicted molar refractivity (Wildman–Crippen MR) is 125 cm³/mol. The first-order chi connectivity index (χ1) is 16.1. The number of benzene rings is 2. The first kappa shape index (κ1) is 23.9. The standard InChI is InChI=1S/C25H29F3N4O2/c1-15-11-16(2)13-19(12-15)32-22-9-3-17(4-10-23(29)33)14-21(22)31-24(32)30-18-5-7-20(8-6-18)34-25(26,27)28/h3,5-9,14-16,19H,4,10-13H2,1-2H3,(H2,29,33)(H,30,31)/t15-,16?,19?/m1/s1. The van der Waals surface area contributed by atoms with E-state index in [0.29, 0.717) is 29.9 Å². The van der Waals surface area contributed by atoms with Crippen LogP contribution in [0.3, 0.4) is 0 Å². The smallest absolute Gasteiger partial charge is 0.406 e. The molecule has 3 N–H and O–H groups in total. The number of nitrogens with two attached hydrogens (primary N) is 1. The van der Waals surface area contributed by atoms with Gasteiger partial charge in [0.2, 0.25) is 11.9 Å². The van der Waals surface area contributed by atoms with Crippen LogP contribution in [0.1, 0.15) is 51.1 Å². The molecular formula is C25H29F3N4O2. The number of nitrogens with one attached hydrogen (secondary N) is 1. The van der Waals surface area contributed by atoms with E-state index in [1.165, 1.54) is 30.7 Å². The maximum Gasteiger partial charge on any atom is 0.573 e. The van der Waals surface area contributed by atoms with Crippen molar-refractivity contribution < 1.29 is 22.7 Å². The number of fused-ring (bicyclic) bond motifs is 1. The third-order valence-electron chi connectivity index (χ3n) is 6.28. The summed E-state index contributed by atoms with van der Waals surface area (Å²) in [7, 11) is 0. The van der Waals surface area contributed by atoms with E-state index in [0.717, 1.165) is 29.4 Å². The molecule has 3 atom stereocenters.